The van der Waals surface area contributed by atoms with Crippen molar-refractivity contribution in [3.05, 3.63) is 213 Å². The molecule has 522 valence electrons. The molecule has 9 heteroatoms. The maximum atomic E-state index is 6.41. The molecule has 0 aliphatic rings. The van der Waals surface area contributed by atoms with Crippen molar-refractivity contribution in [1.82, 2.24) is 0 Å². The minimum atomic E-state index is -0.171. The summed E-state index contributed by atoms with van der Waals surface area (Å²) >= 11 is 0. The van der Waals surface area contributed by atoms with Gasteiger partial charge in [0.15, 0.2) is 0 Å². The van der Waals surface area contributed by atoms with Gasteiger partial charge in [-0.05, 0) is 202 Å². The van der Waals surface area contributed by atoms with Gasteiger partial charge < -0.3 is 39.8 Å². The zero-order chi connectivity index (χ0) is 67.6. The molecule has 0 saturated heterocycles. The van der Waals surface area contributed by atoms with Gasteiger partial charge in [0, 0.05) is 38.0 Å². The normalized spacial score (nSPS) is 12.2. The fourth-order valence-corrected chi connectivity index (χ4v) is 13.3. The molecule has 0 radical (unpaired) electrons. The molecule has 0 spiro atoms. The van der Waals surface area contributed by atoms with E-state index in [1.807, 2.05) is 52.0 Å². The first-order chi connectivity index (χ1) is 46.3. The lowest BCUT2D eigenvalue weighted by molar-refractivity contribution is 0.302. The number of unbranched alkanes of at least 4 members (excludes halogenated alkanes) is 17. The van der Waals surface area contributed by atoms with Gasteiger partial charge in [-0.15, -0.1) is 0 Å². The summed E-state index contributed by atoms with van der Waals surface area (Å²) in [5, 5.41) is 0. The number of hydrogen-bond donors (Lipinski definition) is 0. The van der Waals surface area contributed by atoms with Crippen LogP contribution in [0.25, 0.3) is 0 Å². The maximum absolute atomic E-state index is 6.41. The van der Waals surface area contributed by atoms with Crippen molar-refractivity contribution >= 4 is 0 Å². The molecule has 0 N–H and O–H groups in total. The van der Waals surface area contributed by atoms with E-state index >= 15 is 0 Å². The number of furan rings is 9. The molecule has 9 aromatic heterocycles. The van der Waals surface area contributed by atoms with Gasteiger partial charge in [0.2, 0.25) is 0 Å². The number of rotatable bonds is 44. The topological polar surface area (TPSA) is 118 Å². The largest absolute Gasteiger partial charge is 0.466 e. The average Bonchev–Trinajstić information content (AvgIpc) is 1.72. The number of aryl methyl sites for hydroxylation is 9. The summed E-state index contributed by atoms with van der Waals surface area (Å²) in [5.74, 6) is 19.1. The highest BCUT2D eigenvalue weighted by Crippen LogP contribution is 2.42. The molecule has 9 aromatic rings. The van der Waals surface area contributed by atoms with Gasteiger partial charge in [-0.25, -0.2) is 0 Å². The van der Waals surface area contributed by atoms with E-state index in [4.69, 9.17) is 39.8 Å². The third kappa shape index (κ3) is 24.8. The first-order valence-corrected chi connectivity index (χ1v) is 38.0. The Morgan fingerprint density at radius 1 is 0.274 bits per heavy atom. The van der Waals surface area contributed by atoms with Crippen LogP contribution in [-0.2, 0) is 37.5 Å². The molecular formula is C86H124O9. The van der Waals surface area contributed by atoms with Gasteiger partial charge in [0.1, 0.15) is 104 Å². The van der Waals surface area contributed by atoms with Crippen LogP contribution < -0.4 is 0 Å². The van der Waals surface area contributed by atoms with Crippen LogP contribution in [0.5, 0.6) is 0 Å². The van der Waals surface area contributed by atoms with E-state index < -0.39 is 0 Å². The van der Waals surface area contributed by atoms with Crippen LogP contribution in [-0.4, -0.2) is 0 Å². The van der Waals surface area contributed by atoms with Crippen LogP contribution in [0.15, 0.2) is 149 Å². The molecule has 9 nitrogen and oxygen atoms in total. The van der Waals surface area contributed by atoms with E-state index in [0.29, 0.717) is 0 Å². The van der Waals surface area contributed by atoms with Gasteiger partial charge in [-0.1, -0.05) is 170 Å². The Morgan fingerprint density at radius 2 is 0.547 bits per heavy atom. The first-order valence-electron chi connectivity index (χ1n) is 38.0. The fourth-order valence-electron chi connectivity index (χ4n) is 13.3. The summed E-state index contributed by atoms with van der Waals surface area (Å²) < 4.78 is 55.6. The molecule has 0 bridgehead atoms. The Bertz CT molecular complexity index is 3130. The van der Waals surface area contributed by atoms with Gasteiger partial charge in [0.05, 0.1) is 23.2 Å². The predicted molar refractivity (Wildman–Crippen MR) is 390 cm³/mol. The van der Waals surface area contributed by atoms with E-state index in [1.165, 1.54) is 141 Å². The van der Waals surface area contributed by atoms with E-state index in [0.717, 1.165) is 174 Å². The van der Waals surface area contributed by atoms with E-state index in [1.54, 1.807) is 0 Å². The van der Waals surface area contributed by atoms with Crippen molar-refractivity contribution < 1.29 is 39.8 Å². The zero-order valence-electron chi connectivity index (χ0n) is 61.2. The van der Waals surface area contributed by atoms with Gasteiger partial charge in [0.25, 0.3) is 0 Å². The molecule has 9 heterocycles. The van der Waals surface area contributed by atoms with Crippen LogP contribution in [0, 0.1) is 27.7 Å². The second kappa shape index (κ2) is 41.6. The Hall–Kier alpha value is -6.48. The molecule has 1 atom stereocenters. The maximum Gasteiger partial charge on any atom is 0.117 e. The highest BCUT2D eigenvalue weighted by atomic mass is 16.4. The van der Waals surface area contributed by atoms with Gasteiger partial charge in [-0.3, -0.25) is 0 Å². The van der Waals surface area contributed by atoms with Crippen molar-refractivity contribution in [1.29, 1.82) is 0 Å². The Labute approximate surface area is 573 Å². The molecular weight excluding hydrogens is 1180 g/mol. The van der Waals surface area contributed by atoms with E-state index in [-0.39, 0.29) is 29.1 Å². The van der Waals surface area contributed by atoms with E-state index in [2.05, 4.69) is 140 Å². The summed E-state index contributed by atoms with van der Waals surface area (Å²) in [6.45, 7) is 26.0. The van der Waals surface area contributed by atoms with Crippen molar-refractivity contribution in [3.8, 4) is 0 Å². The minimum absolute atomic E-state index is 0.100. The first kappa shape index (κ1) is 75.9. The second-order valence-electron chi connectivity index (χ2n) is 27.8. The summed E-state index contributed by atoms with van der Waals surface area (Å²) in [6, 6.07) is 38.1. The molecule has 0 aliphatic carbocycles. The number of hydrogen-bond acceptors (Lipinski definition) is 9. The third-order valence-electron chi connectivity index (χ3n) is 19.3. The summed E-state index contributed by atoms with van der Waals surface area (Å²) in [7, 11) is 0. The Morgan fingerprint density at radius 3 is 0.884 bits per heavy atom. The van der Waals surface area contributed by atoms with Gasteiger partial charge >= 0.3 is 0 Å². The Kier molecular flexibility index (Phi) is 33.2. The van der Waals surface area contributed by atoms with Crippen molar-refractivity contribution in [2.75, 3.05) is 0 Å². The van der Waals surface area contributed by atoms with Gasteiger partial charge in [-0.2, -0.15) is 0 Å². The monoisotopic (exact) mass is 1300 g/mol. The molecule has 0 aromatic carbocycles. The Balaban J connectivity index is 0.000000202. The van der Waals surface area contributed by atoms with Crippen LogP contribution in [0.2, 0.25) is 0 Å². The fraction of sp³-hybridized carbons (Fsp3) is 0.581. The van der Waals surface area contributed by atoms with Crippen molar-refractivity contribution in [2.45, 2.75) is 324 Å². The third-order valence-corrected chi connectivity index (χ3v) is 19.3. The van der Waals surface area contributed by atoms with Crippen LogP contribution in [0.3, 0.4) is 0 Å². The van der Waals surface area contributed by atoms with Crippen LogP contribution in [0.4, 0.5) is 0 Å². The molecule has 1 unspecified atom stereocenters. The van der Waals surface area contributed by atoms with Crippen molar-refractivity contribution in [3.63, 3.8) is 0 Å². The summed E-state index contributed by atoms with van der Waals surface area (Å²) in [6.07, 6.45) is 38.9. The quantitative estimate of drug-likeness (QED) is 0.0344. The predicted octanol–water partition coefficient (Wildman–Crippen LogP) is 27.6. The second-order valence-corrected chi connectivity index (χ2v) is 27.8. The molecule has 95 heavy (non-hydrogen) atoms. The van der Waals surface area contributed by atoms with Crippen LogP contribution >= 0.6 is 0 Å². The molecule has 9 rings (SSSR count). The van der Waals surface area contributed by atoms with Crippen molar-refractivity contribution in [2.24, 2.45) is 0 Å². The summed E-state index contributed by atoms with van der Waals surface area (Å²) in [5.41, 5.74) is -0.171. The molecule has 0 aliphatic heterocycles. The lowest BCUT2D eigenvalue weighted by atomic mass is 9.80. The smallest absolute Gasteiger partial charge is 0.117 e. The molecule has 0 saturated carbocycles. The minimum Gasteiger partial charge on any atom is -0.466 e. The zero-order valence-corrected chi connectivity index (χ0v) is 61.2. The molecule has 0 fully saturated rings. The lowest BCUT2D eigenvalue weighted by Gasteiger charge is -2.25. The summed E-state index contributed by atoms with van der Waals surface area (Å²) in [4.78, 5) is 0. The average molecular weight is 1300 g/mol. The SMILES string of the molecule is CCCCCCCCCC(C)(c1ccc(CCCCC)o1)c1ccc(CCCCC)o1.CCCCCc1ccc(C(C)CC(c2ccc(CCCCC)o2)c2ccc(CCCCC)o2)o1.Cc1ccc(C(CCCCC(c2ccc(C)o2)c2ccc(C)o2)c2ccc(C)o2)o1. The highest BCUT2D eigenvalue weighted by molar-refractivity contribution is 5.30. The standard InChI is InChI=1S/C31H46O3.C29H48O2.C26H30O4/c1-5-8-11-14-25-17-20-29(32-25)24(4)23-28(30-21-18-26(33-30)15-12-9-6-2)31-22-19-27(34-31)16-13-10-7-3;1-5-8-11-12-13-14-17-24-29(4,27-22-20-25(30-27)18-15-9-6-2)28-23-21-26(31-28)19-16-10-7-3;1-17-9-13-23(27-17)21(24-14-10-18(2)28-24)7-5-6-8-22(25-15-11-19(3)29-25)26-16-12-20(4)30-26/h17-22,24,28H,5-16,23H2,1-4H3;20-23H,5-19,24H2,1-4H3;9-16,21-22H,5-8H2,1-4H3. The van der Waals surface area contributed by atoms with E-state index in [9.17, 15) is 0 Å². The lowest BCUT2D eigenvalue weighted by Crippen LogP contribution is -2.22. The highest BCUT2D eigenvalue weighted by Gasteiger charge is 2.36. The molecule has 0 amide bonds. The van der Waals surface area contributed by atoms with Crippen LogP contribution in [0.1, 0.15) is 363 Å².